The molecule has 0 saturated carbocycles. The Bertz CT molecular complexity index is 1100. The highest BCUT2D eigenvalue weighted by Crippen LogP contribution is 2.32. The lowest BCUT2D eigenvalue weighted by Gasteiger charge is -2.07. The van der Waals surface area contributed by atoms with Gasteiger partial charge in [-0.15, -0.1) is 0 Å². The van der Waals surface area contributed by atoms with Crippen LogP contribution in [-0.2, 0) is 7.05 Å². The van der Waals surface area contributed by atoms with Gasteiger partial charge in [-0.05, 0) is 37.3 Å². The molecule has 0 saturated heterocycles. The van der Waals surface area contributed by atoms with Gasteiger partial charge < -0.3 is 0 Å². The van der Waals surface area contributed by atoms with Crippen molar-refractivity contribution >= 4 is 11.0 Å². The number of nitriles is 1. The van der Waals surface area contributed by atoms with E-state index in [4.69, 9.17) is 10.2 Å². The Morgan fingerprint density at radius 2 is 1.84 bits per heavy atom. The number of nitrogens with zero attached hydrogens (tertiary/aromatic N) is 5. The summed E-state index contributed by atoms with van der Waals surface area (Å²) in [6, 6.07) is 17.5. The van der Waals surface area contributed by atoms with Gasteiger partial charge in [-0.1, -0.05) is 18.2 Å². The minimum absolute atomic E-state index is 0.628. The minimum atomic E-state index is 0.628. The molecule has 0 fully saturated rings. The van der Waals surface area contributed by atoms with Gasteiger partial charge in [0.1, 0.15) is 0 Å². The van der Waals surface area contributed by atoms with E-state index in [0.29, 0.717) is 11.2 Å². The fourth-order valence-corrected chi connectivity index (χ4v) is 2.93. The van der Waals surface area contributed by atoms with Crippen molar-refractivity contribution in [3.63, 3.8) is 0 Å². The van der Waals surface area contributed by atoms with Crippen LogP contribution in [0.25, 0.3) is 33.5 Å². The first kappa shape index (κ1) is 15.0. The molecule has 3 heterocycles. The summed E-state index contributed by atoms with van der Waals surface area (Å²) < 4.78 is 1.84. The molecule has 5 heteroatoms. The Morgan fingerprint density at radius 3 is 2.52 bits per heavy atom. The molecule has 3 aromatic heterocycles. The molecular weight excluding hydrogens is 310 g/mol. The second kappa shape index (κ2) is 5.84. The standard InChI is InChI=1S/C20H15N5/c1-13-19-16(17-5-3-4-10-22-17)11-18(23-20(19)24-25(13)2)15-8-6-14(12-21)7-9-15/h3-11H,1-2H3. The van der Waals surface area contributed by atoms with Crippen LogP contribution in [-0.4, -0.2) is 19.7 Å². The molecule has 0 aliphatic rings. The summed E-state index contributed by atoms with van der Waals surface area (Å²) in [6.07, 6.45) is 1.79. The first-order chi connectivity index (χ1) is 12.2. The molecule has 25 heavy (non-hydrogen) atoms. The minimum Gasteiger partial charge on any atom is -0.270 e. The number of pyridine rings is 2. The number of hydrogen-bond acceptors (Lipinski definition) is 4. The van der Waals surface area contributed by atoms with Gasteiger partial charge in [0, 0.05) is 30.1 Å². The van der Waals surface area contributed by atoms with Crippen molar-refractivity contribution in [3.05, 3.63) is 66.0 Å². The predicted octanol–water partition coefficient (Wildman–Crippen LogP) is 3.88. The summed E-state index contributed by atoms with van der Waals surface area (Å²) in [4.78, 5) is 9.23. The monoisotopic (exact) mass is 325 g/mol. The highest BCUT2D eigenvalue weighted by Gasteiger charge is 2.16. The summed E-state index contributed by atoms with van der Waals surface area (Å²) in [5, 5.41) is 14.5. The number of rotatable bonds is 2. The molecule has 5 nitrogen and oxygen atoms in total. The highest BCUT2D eigenvalue weighted by atomic mass is 15.3. The van der Waals surface area contributed by atoms with E-state index in [1.165, 1.54) is 0 Å². The van der Waals surface area contributed by atoms with E-state index in [0.717, 1.165) is 33.6 Å². The molecule has 0 aliphatic heterocycles. The molecular formula is C20H15N5. The summed E-state index contributed by atoms with van der Waals surface area (Å²) in [5.41, 5.74) is 6.04. The van der Waals surface area contributed by atoms with Gasteiger partial charge >= 0.3 is 0 Å². The molecule has 4 rings (SSSR count). The van der Waals surface area contributed by atoms with E-state index < -0.39 is 0 Å². The normalized spacial score (nSPS) is 10.8. The van der Waals surface area contributed by atoms with E-state index >= 15 is 0 Å². The van der Waals surface area contributed by atoms with E-state index in [2.05, 4.69) is 16.2 Å². The number of benzene rings is 1. The van der Waals surface area contributed by atoms with Gasteiger partial charge in [0.2, 0.25) is 0 Å². The largest absolute Gasteiger partial charge is 0.270 e. The van der Waals surface area contributed by atoms with Crippen molar-refractivity contribution in [1.29, 1.82) is 5.26 Å². The van der Waals surface area contributed by atoms with E-state index in [1.54, 1.807) is 18.3 Å². The Morgan fingerprint density at radius 1 is 1.04 bits per heavy atom. The lowest BCUT2D eigenvalue weighted by molar-refractivity contribution is 0.748. The van der Waals surface area contributed by atoms with Gasteiger partial charge in [-0.2, -0.15) is 10.4 Å². The average Bonchev–Trinajstić information content (AvgIpc) is 2.96. The maximum Gasteiger partial charge on any atom is 0.182 e. The summed E-state index contributed by atoms with van der Waals surface area (Å²) in [5.74, 6) is 0. The van der Waals surface area contributed by atoms with Crippen LogP contribution in [0.4, 0.5) is 0 Å². The first-order valence-corrected chi connectivity index (χ1v) is 7.93. The van der Waals surface area contributed by atoms with Crippen molar-refractivity contribution < 1.29 is 0 Å². The maximum atomic E-state index is 8.98. The van der Waals surface area contributed by atoms with Crippen LogP contribution in [0.5, 0.6) is 0 Å². The van der Waals surface area contributed by atoms with Crippen molar-refractivity contribution in [3.8, 4) is 28.6 Å². The molecule has 0 aliphatic carbocycles. The van der Waals surface area contributed by atoms with Crippen LogP contribution < -0.4 is 0 Å². The molecule has 0 atom stereocenters. The SMILES string of the molecule is Cc1c2c(-c3ccccn3)cc(-c3ccc(C#N)cc3)nc2nn1C. The second-order valence-electron chi connectivity index (χ2n) is 5.87. The van der Waals surface area contributed by atoms with Crippen LogP contribution in [0.3, 0.4) is 0 Å². The van der Waals surface area contributed by atoms with E-state index in [9.17, 15) is 0 Å². The van der Waals surface area contributed by atoms with E-state index in [1.807, 2.05) is 55.1 Å². The lowest BCUT2D eigenvalue weighted by atomic mass is 10.0. The van der Waals surface area contributed by atoms with Gasteiger partial charge in [-0.3, -0.25) is 9.67 Å². The summed E-state index contributed by atoms with van der Waals surface area (Å²) >= 11 is 0. The maximum absolute atomic E-state index is 8.98. The zero-order valence-corrected chi connectivity index (χ0v) is 13.9. The van der Waals surface area contributed by atoms with Crippen LogP contribution in [0.15, 0.2) is 54.7 Å². The van der Waals surface area contributed by atoms with Crippen LogP contribution in [0, 0.1) is 18.3 Å². The molecule has 4 aromatic rings. The van der Waals surface area contributed by atoms with Gasteiger partial charge in [0.05, 0.1) is 28.4 Å². The highest BCUT2D eigenvalue weighted by molar-refractivity contribution is 5.96. The zero-order chi connectivity index (χ0) is 17.4. The van der Waals surface area contributed by atoms with Gasteiger partial charge in [0.15, 0.2) is 5.65 Å². The lowest BCUT2D eigenvalue weighted by Crippen LogP contribution is -1.92. The first-order valence-electron chi connectivity index (χ1n) is 7.93. The fraction of sp³-hybridized carbons (Fsp3) is 0.100. The molecule has 0 radical (unpaired) electrons. The molecule has 0 bridgehead atoms. The van der Waals surface area contributed by atoms with Crippen molar-refractivity contribution in [1.82, 2.24) is 19.7 Å². The quantitative estimate of drug-likeness (QED) is 0.561. The Hall–Kier alpha value is -3.52. The van der Waals surface area contributed by atoms with Gasteiger partial charge in [0.25, 0.3) is 0 Å². The predicted molar refractivity (Wildman–Crippen MR) is 96.6 cm³/mol. The molecule has 0 spiro atoms. The number of aromatic nitrogens is 4. The molecule has 1 aromatic carbocycles. The molecule has 120 valence electrons. The number of hydrogen-bond donors (Lipinski definition) is 0. The Balaban J connectivity index is 2.00. The Labute approximate surface area is 145 Å². The molecule has 0 amide bonds. The van der Waals surface area contributed by atoms with Gasteiger partial charge in [-0.25, -0.2) is 4.98 Å². The average molecular weight is 325 g/mol. The number of fused-ring (bicyclic) bond motifs is 1. The summed E-state index contributed by atoms with van der Waals surface area (Å²) in [7, 11) is 1.92. The third-order valence-electron chi connectivity index (χ3n) is 4.34. The van der Waals surface area contributed by atoms with Crippen LogP contribution in [0.1, 0.15) is 11.3 Å². The second-order valence-corrected chi connectivity index (χ2v) is 5.87. The molecule has 0 N–H and O–H groups in total. The Kier molecular flexibility index (Phi) is 3.51. The van der Waals surface area contributed by atoms with E-state index in [-0.39, 0.29) is 0 Å². The van der Waals surface area contributed by atoms with Crippen molar-refractivity contribution in [2.24, 2.45) is 7.05 Å². The topological polar surface area (TPSA) is 67.4 Å². The van der Waals surface area contributed by atoms with Crippen molar-refractivity contribution in [2.75, 3.05) is 0 Å². The number of aryl methyl sites for hydroxylation is 2. The molecule has 0 unspecified atom stereocenters. The van der Waals surface area contributed by atoms with Crippen molar-refractivity contribution in [2.45, 2.75) is 6.92 Å². The smallest absolute Gasteiger partial charge is 0.182 e. The zero-order valence-electron chi connectivity index (χ0n) is 13.9. The third-order valence-corrected chi connectivity index (χ3v) is 4.34. The van der Waals surface area contributed by atoms with Crippen LogP contribution in [0.2, 0.25) is 0 Å². The summed E-state index contributed by atoms with van der Waals surface area (Å²) in [6.45, 7) is 2.03. The van der Waals surface area contributed by atoms with Crippen LogP contribution >= 0.6 is 0 Å². The third kappa shape index (κ3) is 2.54. The fourth-order valence-electron chi connectivity index (χ4n) is 2.93.